The number of hydrogen-bond acceptors (Lipinski definition) is 5. The third-order valence-corrected chi connectivity index (χ3v) is 5.92. The quantitative estimate of drug-likeness (QED) is 0.437. The van der Waals surface area contributed by atoms with E-state index in [9.17, 15) is 9.18 Å². The fourth-order valence-corrected chi connectivity index (χ4v) is 4.19. The molecule has 2 N–H and O–H groups in total. The standard InChI is InChI=1S/C26H24FN5O2/c1-34-21-13-7-17(8-14-21)15-24(33)29-25-30-26-28-22(18-5-3-2-4-6-18)16-23(32(26)31-25)19-9-11-20(27)12-10-19/h2-14,22-23H,15-16H2,1H3,(H2,28,29,30,31,33)/t22-,23+/m1/s1. The number of methoxy groups -OCH3 is 1. The highest BCUT2D eigenvalue weighted by Crippen LogP contribution is 2.38. The van der Waals surface area contributed by atoms with Gasteiger partial charge in [-0.25, -0.2) is 9.07 Å². The normalized spacial score (nSPS) is 16.9. The number of fused-ring (bicyclic) bond motifs is 1. The van der Waals surface area contributed by atoms with Crippen molar-refractivity contribution in [3.63, 3.8) is 0 Å². The lowest BCUT2D eigenvalue weighted by molar-refractivity contribution is -0.115. The van der Waals surface area contributed by atoms with Gasteiger partial charge in [0.25, 0.3) is 5.95 Å². The lowest BCUT2D eigenvalue weighted by Crippen LogP contribution is -2.28. The SMILES string of the molecule is COc1ccc(CC(=O)Nc2nc3n(n2)[C@H](c2ccc(F)cc2)C[C@H](c2ccccc2)N3)cc1. The molecule has 0 radical (unpaired) electrons. The summed E-state index contributed by atoms with van der Waals surface area (Å²) >= 11 is 0. The number of amides is 1. The number of carbonyl (C=O) groups is 1. The number of nitrogens with zero attached hydrogens (tertiary/aromatic N) is 3. The molecule has 0 saturated carbocycles. The largest absolute Gasteiger partial charge is 0.497 e. The molecule has 3 aromatic carbocycles. The Labute approximate surface area is 196 Å². The van der Waals surface area contributed by atoms with Crippen molar-refractivity contribution in [3.05, 3.63) is 101 Å². The predicted molar refractivity (Wildman–Crippen MR) is 127 cm³/mol. The zero-order valence-electron chi connectivity index (χ0n) is 18.6. The Bertz CT molecular complexity index is 1270. The summed E-state index contributed by atoms with van der Waals surface area (Å²) in [6.07, 6.45) is 0.889. The van der Waals surface area contributed by atoms with Crippen LogP contribution in [0.25, 0.3) is 0 Å². The van der Waals surface area contributed by atoms with Crippen LogP contribution in [0.4, 0.5) is 16.3 Å². The molecule has 0 bridgehead atoms. The first-order valence-electron chi connectivity index (χ1n) is 11.1. The molecule has 0 unspecified atom stereocenters. The molecule has 4 aromatic rings. The Hall–Kier alpha value is -4.20. The van der Waals surface area contributed by atoms with E-state index in [1.165, 1.54) is 12.1 Å². The van der Waals surface area contributed by atoms with E-state index in [0.717, 1.165) is 22.4 Å². The molecule has 8 heteroatoms. The maximum Gasteiger partial charge on any atom is 0.250 e. The number of aromatic nitrogens is 3. The summed E-state index contributed by atoms with van der Waals surface area (Å²) in [5, 5.41) is 10.8. The minimum atomic E-state index is -0.289. The summed E-state index contributed by atoms with van der Waals surface area (Å²) in [5.74, 6) is 1.00. The van der Waals surface area contributed by atoms with Crippen LogP contribution in [0.15, 0.2) is 78.9 Å². The predicted octanol–water partition coefficient (Wildman–Crippen LogP) is 4.75. The number of rotatable bonds is 6. The summed E-state index contributed by atoms with van der Waals surface area (Å²) < 4.78 is 20.5. The van der Waals surface area contributed by atoms with Crippen LogP contribution in [-0.2, 0) is 11.2 Å². The van der Waals surface area contributed by atoms with Crippen molar-refractivity contribution < 1.29 is 13.9 Å². The van der Waals surface area contributed by atoms with E-state index in [0.29, 0.717) is 12.4 Å². The molecule has 172 valence electrons. The summed E-state index contributed by atoms with van der Waals surface area (Å²) in [6.45, 7) is 0. The van der Waals surface area contributed by atoms with Crippen molar-refractivity contribution in [2.75, 3.05) is 17.7 Å². The molecular weight excluding hydrogens is 433 g/mol. The number of ether oxygens (including phenoxy) is 1. The minimum Gasteiger partial charge on any atom is -0.497 e. The number of carbonyl (C=O) groups excluding carboxylic acids is 1. The summed E-state index contributed by atoms with van der Waals surface area (Å²) in [6, 6.07) is 23.7. The Kier molecular flexibility index (Phi) is 5.95. The van der Waals surface area contributed by atoms with Crippen molar-refractivity contribution in [1.82, 2.24) is 14.8 Å². The van der Waals surface area contributed by atoms with E-state index in [1.54, 1.807) is 23.9 Å². The van der Waals surface area contributed by atoms with Crippen LogP contribution >= 0.6 is 0 Å². The second-order valence-corrected chi connectivity index (χ2v) is 8.19. The van der Waals surface area contributed by atoms with Gasteiger partial charge in [-0.2, -0.15) is 4.98 Å². The van der Waals surface area contributed by atoms with E-state index in [1.807, 2.05) is 42.5 Å². The van der Waals surface area contributed by atoms with Gasteiger partial charge in [-0.1, -0.05) is 54.6 Å². The first kappa shape index (κ1) is 21.6. The van der Waals surface area contributed by atoms with Gasteiger partial charge in [-0.15, -0.1) is 5.10 Å². The van der Waals surface area contributed by atoms with Gasteiger partial charge in [-0.05, 0) is 47.4 Å². The van der Waals surface area contributed by atoms with Crippen LogP contribution in [0.1, 0.15) is 35.2 Å². The molecule has 0 saturated heterocycles. The average Bonchev–Trinajstić information content (AvgIpc) is 3.27. The second kappa shape index (κ2) is 9.35. The molecule has 0 spiro atoms. The number of nitrogens with one attached hydrogen (secondary N) is 2. The van der Waals surface area contributed by atoms with Crippen molar-refractivity contribution >= 4 is 17.8 Å². The fourth-order valence-electron chi connectivity index (χ4n) is 4.19. The van der Waals surface area contributed by atoms with E-state index < -0.39 is 0 Å². The molecule has 7 nitrogen and oxygen atoms in total. The smallest absolute Gasteiger partial charge is 0.250 e. The average molecular weight is 458 g/mol. The number of anilines is 2. The molecule has 0 fully saturated rings. The van der Waals surface area contributed by atoms with Crippen molar-refractivity contribution in [3.8, 4) is 5.75 Å². The molecule has 0 aliphatic carbocycles. The van der Waals surface area contributed by atoms with E-state index in [-0.39, 0.29) is 36.2 Å². The third-order valence-electron chi connectivity index (χ3n) is 5.92. The highest BCUT2D eigenvalue weighted by atomic mass is 19.1. The molecule has 1 aromatic heterocycles. The van der Waals surface area contributed by atoms with Crippen molar-refractivity contribution in [2.45, 2.75) is 24.9 Å². The maximum absolute atomic E-state index is 13.6. The van der Waals surface area contributed by atoms with Crippen molar-refractivity contribution in [2.24, 2.45) is 0 Å². The van der Waals surface area contributed by atoms with E-state index in [2.05, 4.69) is 32.8 Å². The van der Waals surface area contributed by atoms with Crippen LogP contribution < -0.4 is 15.4 Å². The van der Waals surface area contributed by atoms with E-state index in [4.69, 9.17) is 4.74 Å². The Balaban J connectivity index is 1.39. The monoisotopic (exact) mass is 457 g/mol. The highest BCUT2D eigenvalue weighted by molar-refractivity contribution is 5.90. The highest BCUT2D eigenvalue weighted by Gasteiger charge is 2.31. The molecule has 1 amide bonds. The van der Waals surface area contributed by atoms with Gasteiger partial charge in [0, 0.05) is 0 Å². The minimum absolute atomic E-state index is 0.00389. The summed E-state index contributed by atoms with van der Waals surface area (Å²) in [4.78, 5) is 17.2. The first-order valence-corrected chi connectivity index (χ1v) is 11.1. The Morgan fingerprint density at radius 3 is 2.50 bits per heavy atom. The Morgan fingerprint density at radius 1 is 1.06 bits per heavy atom. The zero-order chi connectivity index (χ0) is 23.5. The third kappa shape index (κ3) is 4.61. The van der Waals surface area contributed by atoms with Crippen LogP contribution in [-0.4, -0.2) is 27.8 Å². The molecule has 1 aliphatic heterocycles. The molecular formula is C26H24FN5O2. The van der Waals surface area contributed by atoms with Crippen LogP contribution in [0.2, 0.25) is 0 Å². The van der Waals surface area contributed by atoms with Crippen LogP contribution in [0.5, 0.6) is 5.75 Å². The maximum atomic E-state index is 13.6. The van der Waals surface area contributed by atoms with Gasteiger partial charge >= 0.3 is 0 Å². The molecule has 1 aliphatic rings. The molecule has 5 rings (SSSR count). The Morgan fingerprint density at radius 2 is 1.79 bits per heavy atom. The van der Waals surface area contributed by atoms with E-state index >= 15 is 0 Å². The van der Waals surface area contributed by atoms with Gasteiger partial charge < -0.3 is 10.1 Å². The van der Waals surface area contributed by atoms with Crippen LogP contribution in [0.3, 0.4) is 0 Å². The number of hydrogen-bond donors (Lipinski definition) is 2. The van der Waals surface area contributed by atoms with Gasteiger partial charge in [0.2, 0.25) is 11.9 Å². The molecule has 2 heterocycles. The van der Waals surface area contributed by atoms with Gasteiger partial charge in [-0.3, -0.25) is 10.1 Å². The molecule has 34 heavy (non-hydrogen) atoms. The van der Waals surface area contributed by atoms with Gasteiger partial charge in [0.1, 0.15) is 11.6 Å². The zero-order valence-corrected chi connectivity index (χ0v) is 18.6. The molecule has 2 atom stereocenters. The van der Waals surface area contributed by atoms with Gasteiger partial charge in [0.05, 0.1) is 25.6 Å². The second-order valence-electron chi connectivity index (χ2n) is 8.19. The van der Waals surface area contributed by atoms with Crippen molar-refractivity contribution in [1.29, 1.82) is 0 Å². The van der Waals surface area contributed by atoms with Crippen LogP contribution in [0, 0.1) is 5.82 Å². The topological polar surface area (TPSA) is 81.1 Å². The number of benzene rings is 3. The number of halogens is 1. The lowest BCUT2D eigenvalue weighted by Gasteiger charge is -2.31. The fraction of sp³-hybridized carbons (Fsp3) is 0.192. The first-order chi connectivity index (χ1) is 16.6. The lowest BCUT2D eigenvalue weighted by atomic mass is 9.93. The van der Waals surface area contributed by atoms with Gasteiger partial charge in [0.15, 0.2) is 0 Å². The summed E-state index contributed by atoms with van der Waals surface area (Å²) in [7, 11) is 1.60. The summed E-state index contributed by atoms with van der Waals surface area (Å²) in [5.41, 5.74) is 2.90.